The van der Waals surface area contributed by atoms with E-state index >= 15 is 0 Å². The van der Waals surface area contributed by atoms with Crippen LogP contribution in [0.4, 0.5) is 0 Å². The normalized spacial score (nSPS) is 21.3. The van der Waals surface area contributed by atoms with Gasteiger partial charge in [0.1, 0.15) is 17.1 Å². The molecule has 170 valence electrons. The van der Waals surface area contributed by atoms with E-state index < -0.39 is 5.54 Å². The Balaban J connectivity index is 2.57. The minimum absolute atomic E-state index is 0.0262. The molecule has 31 heavy (non-hydrogen) atoms. The number of nitrogens with one attached hydrogen (secondary N) is 1. The van der Waals surface area contributed by atoms with Crippen LogP contribution in [0.25, 0.3) is 0 Å². The van der Waals surface area contributed by atoms with Crippen LogP contribution in [0.2, 0.25) is 0 Å². The average Bonchev–Trinajstić information content (AvgIpc) is 3.03. The van der Waals surface area contributed by atoms with Crippen LogP contribution in [0, 0.1) is 24.7 Å². The Kier molecular flexibility index (Phi) is 8.21. The zero-order valence-corrected chi connectivity index (χ0v) is 20.3. The summed E-state index contributed by atoms with van der Waals surface area (Å²) in [6.07, 6.45) is 2.26. The molecule has 1 heterocycles. The van der Waals surface area contributed by atoms with Gasteiger partial charge in [0.15, 0.2) is 0 Å². The lowest BCUT2D eigenvalue weighted by atomic mass is 9.85. The van der Waals surface area contributed by atoms with Gasteiger partial charge in [-0.05, 0) is 56.6 Å². The Morgan fingerprint density at radius 2 is 1.71 bits per heavy atom. The van der Waals surface area contributed by atoms with Crippen molar-refractivity contribution in [2.24, 2.45) is 22.7 Å². The summed E-state index contributed by atoms with van der Waals surface area (Å²) in [5.74, 6) is 0.922. The lowest BCUT2D eigenvalue weighted by Crippen LogP contribution is -2.42. The predicted octanol–water partition coefficient (Wildman–Crippen LogP) is 5.62. The fourth-order valence-corrected chi connectivity index (χ4v) is 3.76. The van der Waals surface area contributed by atoms with E-state index in [1.54, 1.807) is 12.1 Å². The first-order chi connectivity index (χ1) is 14.5. The number of esters is 1. The van der Waals surface area contributed by atoms with Crippen molar-refractivity contribution < 1.29 is 14.3 Å². The molecule has 0 spiro atoms. The van der Waals surface area contributed by atoms with Gasteiger partial charge in [0, 0.05) is 11.1 Å². The monoisotopic (exact) mass is 426 g/mol. The van der Waals surface area contributed by atoms with Gasteiger partial charge < -0.3 is 10.1 Å². The second-order valence-corrected chi connectivity index (χ2v) is 9.37. The molecule has 0 saturated carbocycles. The molecule has 3 atom stereocenters. The van der Waals surface area contributed by atoms with E-state index in [0.717, 1.165) is 24.0 Å². The van der Waals surface area contributed by atoms with Crippen LogP contribution in [0.3, 0.4) is 0 Å². The van der Waals surface area contributed by atoms with Gasteiger partial charge in [-0.15, -0.1) is 0 Å². The van der Waals surface area contributed by atoms with Gasteiger partial charge in [0.25, 0.3) is 5.91 Å². The fourth-order valence-electron chi connectivity index (χ4n) is 3.76. The molecule has 0 bridgehead atoms. The first kappa shape index (κ1) is 24.8. The molecule has 1 aromatic carbocycles. The molecule has 5 heteroatoms. The van der Waals surface area contributed by atoms with Crippen molar-refractivity contribution in [2.45, 2.75) is 80.2 Å². The number of benzene rings is 1. The molecule has 1 N–H and O–H groups in total. The maximum atomic E-state index is 13.4. The lowest BCUT2D eigenvalue weighted by Gasteiger charge is -2.24. The number of amidine groups is 1. The number of aliphatic imine (C=N–C) groups is 1. The van der Waals surface area contributed by atoms with Crippen molar-refractivity contribution in [3.05, 3.63) is 41.0 Å². The van der Waals surface area contributed by atoms with Crippen molar-refractivity contribution in [1.29, 1.82) is 0 Å². The zero-order chi connectivity index (χ0) is 23.3. The van der Waals surface area contributed by atoms with Crippen molar-refractivity contribution in [1.82, 2.24) is 5.32 Å². The van der Waals surface area contributed by atoms with Gasteiger partial charge in [-0.25, -0.2) is 4.79 Å². The molecule has 3 unspecified atom stereocenters. The molecule has 0 aromatic heterocycles. The Bertz CT molecular complexity index is 867. The highest BCUT2D eigenvalue weighted by Gasteiger charge is 2.44. The quantitative estimate of drug-likeness (QED) is 0.316. The third kappa shape index (κ3) is 5.63. The van der Waals surface area contributed by atoms with Crippen LogP contribution < -0.4 is 10.1 Å². The second kappa shape index (κ2) is 10.3. The van der Waals surface area contributed by atoms with Gasteiger partial charge in [-0.3, -0.25) is 9.79 Å². The summed E-state index contributed by atoms with van der Waals surface area (Å²) in [4.78, 5) is 31.1. The SMILES string of the molecule is CCC(C)/C(C(=O)Oc1ccc(C)cc1)=C(\CC(C)C)C1=NC(C)(C(C)CC)C(=O)N1. The number of ether oxygens (including phenoxy) is 1. The third-order valence-corrected chi connectivity index (χ3v) is 6.39. The molecular formula is C26H38N2O3. The number of amides is 1. The first-order valence-electron chi connectivity index (χ1n) is 11.5. The average molecular weight is 427 g/mol. The molecule has 2 rings (SSSR count). The summed E-state index contributed by atoms with van der Waals surface area (Å²) >= 11 is 0. The number of hydrogen-bond acceptors (Lipinski definition) is 4. The topological polar surface area (TPSA) is 67.8 Å². The summed E-state index contributed by atoms with van der Waals surface area (Å²) < 4.78 is 5.76. The molecule has 5 nitrogen and oxygen atoms in total. The van der Waals surface area contributed by atoms with Crippen molar-refractivity contribution in [2.75, 3.05) is 0 Å². The largest absolute Gasteiger partial charge is 0.423 e. The summed E-state index contributed by atoms with van der Waals surface area (Å²) in [6, 6.07) is 7.45. The Morgan fingerprint density at radius 3 is 2.23 bits per heavy atom. The smallest absolute Gasteiger partial charge is 0.340 e. The second-order valence-electron chi connectivity index (χ2n) is 9.37. The Morgan fingerprint density at radius 1 is 1.10 bits per heavy atom. The number of nitrogens with zero attached hydrogens (tertiary/aromatic N) is 1. The summed E-state index contributed by atoms with van der Waals surface area (Å²) in [7, 11) is 0. The minimum Gasteiger partial charge on any atom is -0.423 e. The van der Waals surface area contributed by atoms with E-state index in [1.807, 2.05) is 39.8 Å². The molecule has 1 amide bonds. The van der Waals surface area contributed by atoms with Crippen LogP contribution in [-0.4, -0.2) is 23.3 Å². The molecule has 0 aliphatic carbocycles. The van der Waals surface area contributed by atoms with E-state index in [-0.39, 0.29) is 29.6 Å². The molecule has 0 radical (unpaired) electrons. The first-order valence-corrected chi connectivity index (χ1v) is 11.5. The van der Waals surface area contributed by atoms with Crippen molar-refractivity contribution in [3.8, 4) is 5.75 Å². The number of rotatable bonds is 9. The molecule has 1 aliphatic rings. The van der Waals surface area contributed by atoms with Gasteiger partial charge >= 0.3 is 5.97 Å². The van der Waals surface area contributed by atoms with Crippen LogP contribution in [-0.2, 0) is 9.59 Å². The highest BCUT2D eigenvalue weighted by Crippen LogP contribution is 2.33. The summed E-state index contributed by atoms with van der Waals surface area (Å²) in [5.41, 5.74) is 1.67. The highest BCUT2D eigenvalue weighted by molar-refractivity contribution is 6.17. The van der Waals surface area contributed by atoms with E-state index in [2.05, 4.69) is 33.0 Å². The van der Waals surface area contributed by atoms with Gasteiger partial charge in [-0.1, -0.05) is 65.7 Å². The van der Waals surface area contributed by atoms with E-state index in [4.69, 9.17) is 9.73 Å². The maximum Gasteiger partial charge on any atom is 0.340 e. The highest BCUT2D eigenvalue weighted by atomic mass is 16.5. The van der Waals surface area contributed by atoms with Gasteiger partial charge in [0.2, 0.25) is 0 Å². The van der Waals surface area contributed by atoms with E-state index in [9.17, 15) is 9.59 Å². The van der Waals surface area contributed by atoms with Crippen LogP contribution in [0.1, 0.15) is 73.3 Å². The van der Waals surface area contributed by atoms with E-state index in [0.29, 0.717) is 23.6 Å². The number of aryl methyl sites for hydroxylation is 1. The Labute approximate surface area is 187 Å². The standard InChI is InChI=1S/C26H38N2O3/c1-9-18(6)22(24(29)31-20-13-11-17(5)12-14-20)21(15-16(3)4)23-27-25(30)26(8,28-23)19(7)10-2/h11-14,16,18-19H,9-10,15H2,1-8H3,(H,27,28,30)/b22-21-. The van der Waals surface area contributed by atoms with Crippen LogP contribution >= 0.6 is 0 Å². The van der Waals surface area contributed by atoms with Crippen LogP contribution in [0.15, 0.2) is 40.4 Å². The van der Waals surface area contributed by atoms with Gasteiger partial charge in [0.05, 0.1) is 0 Å². The Hall–Kier alpha value is -2.43. The predicted molar refractivity (Wildman–Crippen MR) is 126 cm³/mol. The number of carbonyl (C=O) groups is 2. The van der Waals surface area contributed by atoms with Gasteiger partial charge in [-0.2, -0.15) is 0 Å². The molecular weight excluding hydrogens is 388 g/mol. The fraction of sp³-hybridized carbons (Fsp3) is 0.577. The zero-order valence-electron chi connectivity index (χ0n) is 20.3. The molecule has 0 saturated heterocycles. The molecule has 0 fully saturated rings. The maximum absolute atomic E-state index is 13.4. The molecule has 1 aromatic rings. The van der Waals surface area contributed by atoms with Crippen LogP contribution in [0.5, 0.6) is 5.75 Å². The number of hydrogen-bond donors (Lipinski definition) is 1. The van der Waals surface area contributed by atoms with Crippen molar-refractivity contribution in [3.63, 3.8) is 0 Å². The minimum atomic E-state index is -0.826. The lowest BCUT2D eigenvalue weighted by molar-refractivity contribution is -0.130. The number of carbonyl (C=O) groups excluding carboxylic acids is 2. The van der Waals surface area contributed by atoms with Crippen molar-refractivity contribution >= 4 is 17.7 Å². The van der Waals surface area contributed by atoms with E-state index in [1.165, 1.54) is 0 Å². The molecule has 1 aliphatic heterocycles. The summed E-state index contributed by atoms with van der Waals surface area (Å²) in [6.45, 7) is 16.3. The summed E-state index contributed by atoms with van der Waals surface area (Å²) in [5, 5.41) is 3.00. The third-order valence-electron chi connectivity index (χ3n) is 6.39.